The van der Waals surface area contributed by atoms with E-state index in [1.54, 1.807) is 21.3 Å². The predicted molar refractivity (Wildman–Crippen MR) is 98.0 cm³/mol. The molecule has 0 aromatic heterocycles. The van der Waals surface area contributed by atoms with Gasteiger partial charge in [0.15, 0.2) is 11.5 Å². The van der Waals surface area contributed by atoms with Crippen LogP contribution in [0.5, 0.6) is 11.5 Å². The van der Waals surface area contributed by atoms with Crippen molar-refractivity contribution in [2.45, 2.75) is 25.7 Å². The summed E-state index contributed by atoms with van der Waals surface area (Å²) in [6.45, 7) is 0.465. The highest BCUT2D eigenvalue weighted by atomic mass is 16.5. The van der Waals surface area contributed by atoms with Gasteiger partial charge in [-0.2, -0.15) is 0 Å². The lowest BCUT2D eigenvalue weighted by Gasteiger charge is -2.27. The van der Waals surface area contributed by atoms with Gasteiger partial charge < -0.3 is 18.9 Å². The molecule has 1 atom stereocenters. The molecular formula is C21H25O5. The van der Waals surface area contributed by atoms with E-state index in [1.807, 2.05) is 30.7 Å². The highest BCUT2D eigenvalue weighted by Gasteiger charge is 2.45. The first-order valence-electron chi connectivity index (χ1n) is 8.76. The number of methoxy groups -OCH3 is 3. The molecule has 0 spiro atoms. The van der Waals surface area contributed by atoms with Crippen molar-refractivity contribution in [3.63, 3.8) is 0 Å². The fourth-order valence-electron chi connectivity index (χ4n) is 3.64. The molecule has 3 rings (SSSR count). The average molecular weight is 357 g/mol. The van der Waals surface area contributed by atoms with Gasteiger partial charge in [0.2, 0.25) is 0 Å². The predicted octanol–water partition coefficient (Wildman–Crippen LogP) is 3.63. The quantitative estimate of drug-likeness (QED) is 0.698. The standard InChI is InChI=1S/C21H25O5/c1-23-17-6-4-5-15(11-17)13-21(9-10-26-20(21)22)14-16-7-8-18(24-2)19(12-16)25-3/h5-8,11-12H,4,9-10,13-14H2,1-3H3/t21-/m0/s1. The van der Waals surface area contributed by atoms with Gasteiger partial charge in [0.25, 0.3) is 0 Å². The van der Waals surface area contributed by atoms with Crippen LogP contribution in [0.3, 0.4) is 0 Å². The molecule has 1 heterocycles. The highest BCUT2D eigenvalue weighted by Crippen LogP contribution is 2.42. The number of hydrogen-bond donors (Lipinski definition) is 0. The van der Waals surface area contributed by atoms with Crippen LogP contribution in [0, 0.1) is 11.8 Å². The summed E-state index contributed by atoms with van der Waals surface area (Å²) < 4.78 is 21.4. The zero-order chi connectivity index (χ0) is 18.6. The number of esters is 1. The maximum Gasteiger partial charge on any atom is 0.312 e. The molecule has 1 aliphatic heterocycles. The normalized spacial score (nSPS) is 22.3. The first-order valence-corrected chi connectivity index (χ1v) is 8.76. The summed E-state index contributed by atoms with van der Waals surface area (Å²) in [5.74, 6) is 2.06. The van der Waals surface area contributed by atoms with E-state index in [-0.39, 0.29) is 5.97 Å². The average Bonchev–Trinajstić information content (AvgIpc) is 3.01. The molecule has 2 aliphatic rings. The summed E-state index contributed by atoms with van der Waals surface area (Å²) in [7, 11) is 4.88. The van der Waals surface area contributed by atoms with Crippen molar-refractivity contribution in [1.82, 2.24) is 0 Å². The zero-order valence-electron chi connectivity index (χ0n) is 15.5. The van der Waals surface area contributed by atoms with Gasteiger partial charge >= 0.3 is 5.97 Å². The molecule has 5 nitrogen and oxygen atoms in total. The fraction of sp³-hybridized carbons (Fsp3) is 0.429. The highest BCUT2D eigenvalue weighted by molar-refractivity contribution is 5.79. The molecule has 0 amide bonds. The van der Waals surface area contributed by atoms with Crippen LogP contribution in [-0.2, 0) is 20.7 Å². The van der Waals surface area contributed by atoms with E-state index in [9.17, 15) is 4.79 Å². The van der Waals surface area contributed by atoms with Crippen LogP contribution in [0.4, 0.5) is 0 Å². The Morgan fingerprint density at radius 2 is 1.88 bits per heavy atom. The van der Waals surface area contributed by atoms with E-state index in [0.29, 0.717) is 37.4 Å². The molecule has 1 radical (unpaired) electrons. The molecular weight excluding hydrogens is 332 g/mol. The van der Waals surface area contributed by atoms with Crippen LogP contribution < -0.4 is 9.47 Å². The monoisotopic (exact) mass is 357 g/mol. The second kappa shape index (κ2) is 7.85. The molecule has 0 unspecified atom stereocenters. The lowest BCUT2D eigenvalue weighted by Crippen LogP contribution is -2.30. The second-order valence-electron chi connectivity index (χ2n) is 6.68. The Labute approximate surface area is 154 Å². The number of ether oxygens (including phenoxy) is 4. The zero-order valence-corrected chi connectivity index (χ0v) is 15.5. The largest absolute Gasteiger partial charge is 0.501 e. The number of hydrogen-bond acceptors (Lipinski definition) is 5. The van der Waals surface area contributed by atoms with Crippen LogP contribution in [0.25, 0.3) is 0 Å². The van der Waals surface area contributed by atoms with Crippen LogP contribution in [0.15, 0.2) is 41.7 Å². The Morgan fingerprint density at radius 3 is 2.54 bits per heavy atom. The summed E-state index contributed by atoms with van der Waals surface area (Å²) in [6.07, 6.45) is 8.94. The van der Waals surface area contributed by atoms with Gasteiger partial charge in [0, 0.05) is 6.42 Å². The maximum atomic E-state index is 12.6. The van der Waals surface area contributed by atoms with Crippen LogP contribution >= 0.6 is 0 Å². The fourth-order valence-corrected chi connectivity index (χ4v) is 3.64. The molecule has 1 fully saturated rings. The first-order chi connectivity index (χ1) is 12.6. The maximum absolute atomic E-state index is 12.6. The molecule has 1 saturated heterocycles. The minimum Gasteiger partial charge on any atom is -0.501 e. The van der Waals surface area contributed by atoms with Crippen LogP contribution in [-0.4, -0.2) is 33.9 Å². The van der Waals surface area contributed by atoms with Gasteiger partial charge in [-0.25, -0.2) is 0 Å². The Bertz CT molecular complexity index is 734. The van der Waals surface area contributed by atoms with Gasteiger partial charge in [-0.1, -0.05) is 12.1 Å². The second-order valence-corrected chi connectivity index (χ2v) is 6.68. The number of allylic oxidation sites excluding steroid dienone is 4. The topological polar surface area (TPSA) is 54.0 Å². The van der Waals surface area contributed by atoms with Gasteiger partial charge in [0.05, 0.1) is 39.1 Å². The van der Waals surface area contributed by atoms with Crippen molar-refractivity contribution >= 4 is 5.97 Å². The number of rotatable bonds is 7. The van der Waals surface area contributed by atoms with Crippen molar-refractivity contribution in [3.8, 4) is 11.5 Å². The molecule has 0 saturated carbocycles. The first kappa shape index (κ1) is 18.4. The van der Waals surface area contributed by atoms with Gasteiger partial charge in [-0.05, 0) is 55.0 Å². The smallest absolute Gasteiger partial charge is 0.312 e. The molecule has 1 aliphatic carbocycles. The molecule has 139 valence electrons. The molecule has 0 bridgehead atoms. The van der Waals surface area contributed by atoms with Gasteiger partial charge in [-0.3, -0.25) is 4.79 Å². The lowest BCUT2D eigenvalue weighted by atomic mass is 9.74. The summed E-state index contributed by atoms with van der Waals surface area (Å²) in [5, 5.41) is 0. The van der Waals surface area contributed by atoms with Crippen molar-refractivity contribution < 1.29 is 23.7 Å². The van der Waals surface area contributed by atoms with E-state index in [4.69, 9.17) is 18.9 Å². The van der Waals surface area contributed by atoms with Gasteiger partial charge in [-0.15, -0.1) is 0 Å². The Balaban J connectivity index is 1.86. The molecule has 1 aromatic rings. The Morgan fingerprint density at radius 1 is 1.08 bits per heavy atom. The summed E-state index contributed by atoms with van der Waals surface area (Å²) >= 11 is 0. The van der Waals surface area contributed by atoms with E-state index in [2.05, 4.69) is 6.08 Å². The Kier molecular flexibility index (Phi) is 5.55. The van der Waals surface area contributed by atoms with E-state index < -0.39 is 5.41 Å². The molecule has 5 heteroatoms. The minimum absolute atomic E-state index is 0.130. The summed E-state index contributed by atoms with van der Waals surface area (Å²) in [5.41, 5.74) is 1.59. The van der Waals surface area contributed by atoms with Crippen molar-refractivity contribution in [2.24, 2.45) is 5.41 Å². The SMILES string of the molecule is COC1=CC(C[C@]2(Cc3ccc(OC)c(OC)c3)CCOC2=O)=CC[CH]1. The molecule has 1 aromatic carbocycles. The lowest BCUT2D eigenvalue weighted by molar-refractivity contribution is -0.146. The van der Waals surface area contributed by atoms with Crippen LogP contribution in [0.1, 0.15) is 24.8 Å². The summed E-state index contributed by atoms with van der Waals surface area (Å²) in [4.78, 5) is 12.6. The van der Waals surface area contributed by atoms with Crippen molar-refractivity contribution in [2.75, 3.05) is 27.9 Å². The number of carbonyl (C=O) groups excluding carboxylic acids is 1. The van der Waals surface area contributed by atoms with E-state index in [1.165, 1.54) is 0 Å². The van der Waals surface area contributed by atoms with E-state index in [0.717, 1.165) is 23.3 Å². The molecule has 0 N–H and O–H groups in total. The number of carbonyl (C=O) groups is 1. The van der Waals surface area contributed by atoms with Crippen molar-refractivity contribution in [1.29, 1.82) is 0 Å². The van der Waals surface area contributed by atoms with E-state index >= 15 is 0 Å². The van der Waals surface area contributed by atoms with Gasteiger partial charge in [0.1, 0.15) is 0 Å². The third-order valence-electron chi connectivity index (χ3n) is 5.04. The molecule has 26 heavy (non-hydrogen) atoms. The third kappa shape index (κ3) is 3.71. The van der Waals surface area contributed by atoms with Crippen molar-refractivity contribution in [3.05, 3.63) is 53.7 Å². The Hall–Kier alpha value is -2.43. The third-order valence-corrected chi connectivity index (χ3v) is 5.04. The number of benzene rings is 1. The van der Waals surface area contributed by atoms with Crippen LogP contribution in [0.2, 0.25) is 0 Å². The number of cyclic esters (lactones) is 1. The summed E-state index contributed by atoms with van der Waals surface area (Å²) in [6, 6.07) is 5.79. The minimum atomic E-state index is -0.557.